The normalized spacial score (nSPS) is 18.2. The van der Waals surface area contributed by atoms with Crippen molar-refractivity contribution in [3.8, 4) is 0 Å². The fourth-order valence-corrected chi connectivity index (χ4v) is 6.04. The van der Waals surface area contributed by atoms with Crippen molar-refractivity contribution in [3.05, 3.63) is 59.6 Å². The summed E-state index contributed by atoms with van der Waals surface area (Å²) in [6.07, 6.45) is 2.12. The maximum atomic E-state index is 13.0. The second kappa shape index (κ2) is 7.98. The molecule has 1 atom stereocenters. The lowest BCUT2D eigenvalue weighted by Gasteiger charge is -2.33. The number of rotatable bonds is 5. The Bertz CT molecular complexity index is 1050. The number of nitrogens with zero attached hydrogens (tertiary/aromatic N) is 2. The van der Waals surface area contributed by atoms with E-state index >= 15 is 0 Å². The molecule has 0 saturated carbocycles. The van der Waals surface area contributed by atoms with Gasteiger partial charge >= 0.3 is 0 Å². The second-order valence-electron chi connectivity index (χ2n) is 6.73. The van der Waals surface area contributed by atoms with Crippen molar-refractivity contribution in [2.24, 2.45) is 0 Å². The van der Waals surface area contributed by atoms with E-state index in [4.69, 9.17) is 0 Å². The number of sulfonamides is 1. The van der Waals surface area contributed by atoms with Crippen LogP contribution in [0.25, 0.3) is 10.2 Å². The van der Waals surface area contributed by atoms with Gasteiger partial charge in [0.1, 0.15) is 11.0 Å². The molecule has 1 amide bonds. The predicted molar refractivity (Wildman–Crippen MR) is 109 cm³/mol. The number of piperidine rings is 1. The summed E-state index contributed by atoms with van der Waals surface area (Å²) in [5, 5.41) is 3.69. The summed E-state index contributed by atoms with van der Waals surface area (Å²) in [6, 6.07) is 15.4. The Morgan fingerprint density at radius 3 is 2.64 bits per heavy atom. The summed E-state index contributed by atoms with van der Waals surface area (Å²) in [5.74, 6) is -0.265. The van der Waals surface area contributed by atoms with Gasteiger partial charge < -0.3 is 5.32 Å². The Hall–Kier alpha value is -2.29. The van der Waals surface area contributed by atoms with E-state index in [1.807, 2.05) is 24.3 Å². The monoisotopic (exact) mass is 415 g/mol. The van der Waals surface area contributed by atoms with Gasteiger partial charge in [-0.1, -0.05) is 36.8 Å². The maximum Gasteiger partial charge on any atom is 0.243 e. The molecule has 4 rings (SSSR count). The molecule has 0 aliphatic carbocycles. The highest BCUT2D eigenvalue weighted by molar-refractivity contribution is 7.89. The lowest BCUT2D eigenvalue weighted by Crippen LogP contribution is -2.51. The molecule has 2 heterocycles. The van der Waals surface area contributed by atoms with Crippen molar-refractivity contribution in [3.63, 3.8) is 0 Å². The molecule has 1 unspecified atom stereocenters. The first-order chi connectivity index (χ1) is 13.6. The summed E-state index contributed by atoms with van der Waals surface area (Å²) in [5.41, 5.74) is 0.905. The number of hydrogen-bond acceptors (Lipinski definition) is 5. The van der Waals surface area contributed by atoms with Crippen LogP contribution in [0.4, 0.5) is 0 Å². The predicted octanol–water partition coefficient (Wildman–Crippen LogP) is 3.16. The number of thiazole rings is 1. The van der Waals surface area contributed by atoms with E-state index in [1.165, 1.54) is 15.6 Å². The number of para-hydroxylation sites is 1. The van der Waals surface area contributed by atoms with Gasteiger partial charge in [-0.3, -0.25) is 4.79 Å². The van der Waals surface area contributed by atoms with Gasteiger partial charge in [0.25, 0.3) is 0 Å². The Labute approximate surface area is 168 Å². The van der Waals surface area contributed by atoms with Crippen LogP contribution in [0.15, 0.2) is 59.5 Å². The standard InChI is InChI=1S/C20H21N3O3S2/c24-20(21-14-19-22-16-10-4-5-12-18(16)27-19)17-11-6-7-13-23(17)28(25,26)15-8-2-1-3-9-15/h1-5,8-10,12,17H,6-7,11,13-14H2,(H,21,24). The lowest BCUT2D eigenvalue weighted by molar-refractivity contribution is -0.125. The van der Waals surface area contributed by atoms with Crippen molar-refractivity contribution in [1.29, 1.82) is 0 Å². The van der Waals surface area contributed by atoms with E-state index in [0.29, 0.717) is 19.5 Å². The minimum atomic E-state index is -3.70. The molecule has 146 valence electrons. The zero-order valence-corrected chi connectivity index (χ0v) is 16.9. The highest BCUT2D eigenvalue weighted by Crippen LogP contribution is 2.26. The van der Waals surface area contributed by atoms with Crippen LogP contribution in [0.5, 0.6) is 0 Å². The summed E-state index contributed by atoms with van der Waals surface area (Å²) in [4.78, 5) is 17.6. The molecule has 1 N–H and O–H groups in total. The molecule has 1 aromatic heterocycles. The van der Waals surface area contributed by atoms with Crippen LogP contribution in [0.3, 0.4) is 0 Å². The molecular weight excluding hydrogens is 394 g/mol. The molecule has 0 radical (unpaired) electrons. The third kappa shape index (κ3) is 3.80. The van der Waals surface area contributed by atoms with Crippen molar-refractivity contribution in [2.45, 2.75) is 36.7 Å². The van der Waals surface area contributed by atoms with Gasteiger partial charge in [0.15, 0.2) is 0 Å². The first-order valence-electron chi connectivity index (χ1n) is 9.25. The fraction of sp³-hybridized carbons (Fsp3) is 0.300. The molecule has 1 fully saturated rings. The Morgan fingerprint density at radius 1 is 1.11 bits per heavy atom. The van der Waals surface area contributed by atoms with Crippen LogP contribution >= 0.6 is 11.3 Å². The molecule has 1 aliphatic heterocycles. The molecule has 0 spiro atoms. The zero-order valence-electron chi connectivity index (χ0n) is 15.2. The van der Waals surface area contributed by atoms with E-state index < -0.39 is 16.1 Å². The highest BCUT2D eigenvalue weighted by Gasteiger charge is 2.37. The topological polar surface area (TPSA) is 79.4 Å². The fourth-order valence-electron chi connectivity index (χ4n) is 3.46. The number of carbonyl (C=O) groups is 1. The Morgan fingerprint density at radius 2 is 1.86 bits per heavy atom. The number of carbonyl (C=O) groups excluding carboxylic acids is 1. The van der Waals surface area contributed by atoms with Gasteiger partial charge in [0.05, 0.1) is 21.7 Å². The van der Waals surface area contributed by atoms with Crippen LogP contribution < -0.4 is 5.32 Å². The average molecular weight is 416 g/mol. The van der Waals surface area contributed by atoms with Gasteiger partial charge in [-0.25, -0.2) is 13.4 Å². The molecule has 3 aromatic rings. The minimum absolute atomic E-state index is 0.223. The summed E-state index contributed by atoms with van der Waals surface area (Å²) < 4.78 is 28.5. The number of hydrogen-bond donors (Lipinski definition) is 1. The van der Waals surface area contributed by atoms with Crippen LogP contribution in [-0.2, 0) is 21.4 Å². The van der Waals surface area contributed by atoms with Crippen LogP contribution in [0.1, 0.15) is 24.3 Å². The van der Waals surface area contributed by atoms with Crippen molar-refractivity contribution in [2.75, 3.05) is 6.54 Å². The minimum Gasteiger partial charge on any atom is -0.348 e. The van der Waals surface area contributed by atoms with Crippen LogP contribution in [0, 0.1) is 0 Å². The summed E-state index contributed by atoms with van der Waals surface area (Å²) in [7, 11) is -3.70. The van der Waals surface area contributed by atoms with Crippen LogP contribution in [0.2, 0.25) is 0 Å². The molecule has 1 saturated heterocycles. The summed E-state index contributed by atoms with van der Waals surface area (Å²) >= 11 is 1.53. The first kappa shape index (κ1) is 19.0. The number of benzene rings is 2. The van der Waals surface area contributed by atoms with E-state index in [0.717, 1.165) is 28.1 Å². The van der Waals surface area contributed by atoms with E-state index in [2.05, 4.69) is 10.3 Å². The molecule has 0 bridgehead atoms. The Balaban J connectivity index is 1.50. The number of nitrogens with one attached hydrogen (secondary N) is 1. The third-order valence-corrected chi connectivity index (χ3v) is 7.82. The smallest absolute Gasteiger partial charge is 0.243 e. The SMILES string of the molecule is O=C(NCc1nc2ccccc2s1)C1CCCCN1S(=O)(=O)c1ccccc1. The maximum absolute atomic E-state index is 13.0. The van der Waals surface area contributed by atoms with Gasteiger partial charge in [0, 0.05) is 6.54 Å². The Kier molecular flexibility index (Phi) is 5.43. The zero-order chi connectivity index (χ0) is 19.6. The van der Waals surface area contributed by atoms with E-state index in [9.17, 15) is 13.2 Å². The van der Waals surface area contributed by atoms with Gasteiger partial charge in [-0.15, -0.1) is 11.3 Å². The van der Waals surface area contributed by atoms with Gasteiger partial charge in [-0.05, 0) is 37.1 Å². The molecule has 1 aliphatic rings. The molecule has 6 nitrogen and oxygen atoms in total. The lowest BCUT2D eigenvalue weighted by atomic mass is 10.0. The number of amides is 1. The quantitative estimate of drug-likeness (QED) is 0.694. The van der Waals surface area contributed by atoms with Crippen LogP contribution in [-0.4, -0.2) is 36.2 Å². The van der Waals surface area contributed by atoms with Gasteiger partial charge in [0.2, 0.25) is 15.9 Å². The third-order valence-electron chi connectivity index (χ3n) is 4.86. The molecule has 28 heavy (non-hydrogen) atoms. The van der Waals surface area contributed by atoms with E-state index in [-0.39, 0.29) is 10.8 Å². The largest absolute Gasteiger partial charge is 0.348 e. The number of fused-ring (bicyclic) bond motifs is 1. The van der Waals surface area contributed by atoms with Crippen molar-refractivity contribution < 1.29 is 13.2 Å². The molecule has 8 heteroatoms. The second-order valence-corrected chi connectivity index (χ2v) is 9.74. The van der Waals surface area contributed by atoms with E-state index in [1.54, 1.807) is 30.3 Å². The number of aromatic nitrogens is 1. The average Bonchev–Trinajstić information content (AvgIpc) is 3.15. The van der Waals surface area contributed by atoms with Gasteiger partial charge in [-0.2, -0.15) is 4.31 Å². The summed E-state index contributed by atoms with van der Waals surface area (Å²) in [6.45, 7) is 0.657. The highest BCUT2D eigenvalue weighted by atomic mass is 32.2. The first-order valence-corrected chi connectivity index (χ1v) is 11.5. The van der Waals surface area contributed by atoms with Crippen molar-refractivity contribution in [1.82, 2.24) is 14.6 Å². The molecule has 2 aromatic carbocycles. The van der Waals surface area contributed by atoms with Crippen molar-refractivity contribution >= 4 is 37.5 Å². The molecular formula is C20H21N3O3S2.